The lowest BCUT2D eigenvalue weighted by Gasteiger charge is -2.27. The van der Waals surface area contributed by atoms with E-state index in [1.165, 1.54) is 0 Å². The molecule has 0 saturated carbocycles. The molecule has 0 spiro atoms. The molecule has 0 aliphatic carbocycles. The molecule has 0 bridgehead atoms. The third kappa shape index (κ3) is 12.4. The lowest BCUT2D eigenvalue weighted by Crippen LogP contribution is -2.45. The van der Waals surface area contributed by atoms with Crippen molar-refractivity contribution < 1.29 is 23.9 Å². The average Bonchev–Trinajstić information content (AvgIpc) is 2.61. The summed E-state index contributed by atoms with van der Waals surface area (Å²) >= 11 is 0. The normalized spacial score (nSPS) is 13.8. The van der Waals surface area contributed by atoms with Crippen molar-refractivity contribution in [3.63, 3.8) is 0 Å². The summed E-state index contributed by atoms with van der Waals surface area (Å²) < 4.78 is 11.3. The van der Waals surface area contributed by atoms with Gasteiger partial charge in [-0.15, -0.1) is 0 Å². The highest BCUT2D eigenvalue weighted by Gasteiger charge is 2.24. The van der Waals surface area contributed by atoms with E-state index in [9.17, 15) is 14.4 Å². The predicted molar refractivity (Wildman–Crippen MR) is 125 cm³/mol. The summed E-state index contributed by atoms with van der Waals surface area (Å²) in [5.41, 5.74) is 6.56. The monoisotopic (exact) mass is 448 g/mol. The first-order chi connectivity index (χ1) is 14.6. The number of benzene rings is 1. The third-order valence-electron chi connectivity index (χ3n) is 4.64. The van der Waals surface area contributed by atoms with Crippen LogP contribution in [0.25, 0.3) is 0 Å². The number of ether oxygens (including phenoxy) is 2. The van der Waals surface area contributed by atoms with Gasteiger partial charge in [-0.25, -0.2) is 4.79 Å². The largest absolute Gasteiger partial charge is 0.444 e. The Bertz CT molecular complexity index is 760. The molecule has 0 radical (unpaired) electrons. The van der Waals surface area contributed by atoms with Gasteiger partial charge >= 0.3 is 6.09 Å². The Balaban J connectivity index is 2.66. The van der Waals surface area contributed by atoms with Crippen LogP contribution in [-0.2, 0) is 32.1 Å². The van der Waals surface area contributed by atoms with Crippen molar-refractivity contribution in [1.29, 1.82) is 0 Å². The summed E-state index contributed by atoms with van der Waals surface area (Å²) in [5, 5.41) is 2.78. The maximum Gasteiger partial charge on any atom is 0.407 e. The summed E-state index contributed by atoms with van der Waals surface area (Å²) in [5.74, 6) is -0.217. The molecule has 3 N–H and O–H groups in total. The molecule has 7 nitrogen and oxygen atoms in total. The highest BCUT2D eigenvalue weighted by molar-refractivity contribution is 5.81. The number of nitrogens with two attached hydrogens (primary N) is 1. The minimum atomic E-state index is -0.627. The molecule has 1 aromatic carbocycles. The summed E-state index contributed by atoms with van der Waals surface area (Å²) in [7, 11) is 0. The number of Topliss-reactive ketones (excluding diaryl/α,β-unsaturated/α-hetero) is 1. The number of alkyl carbamates (subject to hydrolysis) is 1. The van der Waals surface area contributed by atoms with E-state index in [0.717, 1.165) is 11.1 Å². The van der Waals surface area contributed by atoms with Gasteiger partial charge in [0.15, 0.2) is 0 Å². The number of hydrogen-bond donors (Lipinski definition) is 2. The van der Waals surface area contributed by atoms with Gasteiger partial charge < -0.3 is 20.5 Å². The Kier molecular flexibility index (Phi) is 10.4. The Morgan fingerprint density at radius 2 is 1.56 bits per heavy atom. The van der Waals surface area contributed by atoms with Gasteiger partial charge in [0.05, 0.1) is 18.8 Å². The van der Waals surface area contributed by atoms with Gasteiger partial charge in [0, 0.05) is 19.3 Å². The maximum absolute atomic E-state index is 12.2. The van der Waals surface area contributed by atoms with Crippen LogP contribution in [-0.4, -0.2) is 35.5 Å². The van der Waals surface area contributed by atoms with E-state index in [-0.39, 0.29) is 23.7 Å². The standard InChI is InChI=1S/C25H40N2O5/c1-17(21(12-13-22(26)29)27-23(30)32-25(5,6)7)31-16-19-10-8-18(9-11-19)14-20(28)15-24(2,3)4/h8-11,17,21H,12-16H2,1-7H3,(H2,26,29)(H,27,30)/t17-,21+/m1/s1. The zero-order valence-electron chi connectivity index (χ0n) is 20.6. The third-order valence-corrected chi connectivity index (χ3v) is 4.64. The molecular weight excluding hydrogens is 408 g/mol. The van der Waals surface area contributed by atoms with Crippen molar-refractivity contribution >= 4 is 17.8 Å². The fourth-order valence-corrected chi connectivity index (χ4v) is 3.16. The first-order valence-corrected chi connectivity index (χ1v) is 11.1. The van der Waals surface area contributed by atoms with Gasteiger partial charge in [-0.05, 0) is 50.7 Å². The molecule has 7 heteroatoms. The Labute approximate surface area is 192 Å². The SMILES string of the molecule is C[C@@H](OCc1ccc(CC(=O)CC(C)(C)C)cc1)[C@H](CCC(N)=O)NC(=O)OC(C)(C)C. The Hall–Kier alpha value is -2.41. The highest BCUT2D eigenvalue weighted by atomic mass is 16.6. The van der Waals surface area contributed by atoms with E-state index in [0.29, 0.717) is 25.9 Å². The lowest BCUT2D eigenvalue weighted by atomic mass is 9.88. The van der Waals surface area contributed by atoms with Crippen LogP contribution < -0.4 is 11.1 Å². The number of carbonyl (C=O) groups excluding carboxylic acids is 3. The molecule has 2 atom stereocenters. The summed E-state index contributed by atoms with van der Waals surface area (Å²) in [6.07, 6.45) is 0.522. The van der Waals surface area contributed by atoms with Crippen molar-refractivity contribution in [2.75, 3.05) is 0 Å². The maximum atomic E-state index is 12.2. The number of hydrogen-bond acceptors (Lipinski definition) is 5. The molecule has 0 aromatic heterocycles. The van der Waals surface area contributed by atoms with E-state index < -0.39 is 23.6 Å². The smallest absolute Gasteiger partial charge is 0.407 e. The van der Waals surface area contributed by atoms with Crippen molar-refractivity contribution in [2.24, 2.45) is 11.1 Å². The van der Waals surface area contributed by atoms with Crippen LogP contribution in [0.2, 0.25) is 0 Å². The zero-order valence-corrected chi connectivity index (χ0v) is 20.6. The number of rotatable bonds is 11. The zero-order chi connectivity index (χ0) is 24.5. The van der Waals surface area contributed by atoms with Crippen LogP contribution >= 0.6 is 0 Å². The number of nitrogens with one attached hydrogen (secondary N) is 1. The molecule has 0 unspecified atom stereocenters. The van der Waals surface area contributed by atoms with Crippen molar-refractivity contribution in [3.05, 3.63) is 35.4 Å². The van der Waals surface area contributed by atoms with Crippen molar-refractivity contribution in [2.45, 2.75) is 98.5 Å². The van der Waals surface area contributed by atoms with E-state index in [4.69, 9.17) is 15.2 Å². The first-order valence-electron chi connectivity index (χ1n) is 11.1. The number of primary amides is 1. The van der Waals surface area contributed by atoms with E-state index in [1.807, 2.05) is 31.2 Å². The van der Waals surface area contributed by atoms with E-state index in [1.54, 1.807) is 20.8 Å². The fraction of sp³-hybridized carbons (Fsp3) is 0.640. The topological polar surface area (TPSA) is 108 Å². The van der Waals surface area contributed by atoms with Crippen LogP contribution in [0.3, 0.4) is 0 Å². The molecule has 0 fully saturated rings. The number of carbonyl (C=O) groups is 3. The highest BCUT2D eigenvalue weighted by Crippen LogP contribution is 2.20. The van der Waals surface area contributed by atoms with Crippen molar-refractivity contribution in [1.82, 2.24) is 5.32 Å². The van der Waals surface area contributed by atoms with Gasteiger partial charge in [0.2, 0.25) is 5.91 Å². The Morgan fingerprint density at radius 3 is 2.06 bits per heavy atom. The van der Waals surface area contributed by atoms with Crippen molar-refractivity contribution in [3.8, 4) is 0 Å². The summed E-state index contributed by atoms with van der Waals surface area (Å²) in [6.45, 7) is 13.7. The first kappa shape index (κ1) is 27.6. The predicted octanol–water partition coefficient (Wildman–Crippen LogP) is 4.30. The second-order valence-corrected chi connectivity index (χ2v) is 10.5. The van der Waals surface area contributed by atoms with Gasteiger partial charge in [-0.2, -0.15) is 0 Å². The minimum Gasteiger partial charge on any atom is -0.444 e. The molecule has 1 aromatic rings. The second kappa shape index (κ2) is 12.0. The second-order valence-electron chi connectivity index (χ2n) is 10.5. The van der Waals surface area contributed by atoms with Crippen LogP contribution in [0.5, 0.6) is 0 Å². The van der Waals surface area contributed by atoms with Crippen LogP contribution in [0.4, 0.5) is 4.79 Å². The van der Waals surface area contributed by atoms with Gasteiger partial charge in [-0.1, -0.05) is 45.0 Å². The van der Waals surface area contributed by atoms with Gasteiger partial charge in [-0.3, -0.25) is 9.59 Å². The molecule has 0 aliphatic heterocycles. The fourth-order valence-electron chi connectivity index (χ4n) is 3.16. The van der Waals surface area contributed by atoms with Gasteiger partial charge in [0.25, 0.3) is 0 Å². The molecular formula is C25H40N2O5. The molecule has 0 heterocycles. The molecule has 0 saturated heterocycles. The van der Waals surface area contributed by atoms with Gasteiger partial charge in [0.1, 0.15) is 11.4 Å². The van der Waals surface area contributed by atoms with Crippen LogP contribution in [0.15, 0.2) is 24.3 Å². The molecule has 180 valence electrons. The van der Waals surface area contributed by atoms with E-state index in [2.05, 4.69) is 26.1 Å². The molecule has 0 aliphatic rings. The summed E-state index contributed by atoms with van der Waals surface area (Å²) in [4.78, 5) is 35.6. The lowest BCUT2D eigenvalue weighted by molar-refractivity contribution is -0.120. The number of ketones is 1. The van der Waals surface area contributed by atoms with Crippen LogP contribution in [0, 0.1) is 5.41 Å². The van der Waals surface area contributed by atoms with E-state index >= 15 is 0 Å². The summed E-state index contributed by atoms with van der Waals surface area (Å²) in [6, 6.07) is 7.32. The average molecular weight is 449 g/mol. The quantitative estimate of drug-likeness (QED) is 0.525. The number of amides is 2. The molecule has 1 rings (SSSR count). The molecule has 32 heavy (non-hydrogen) atoms. The van der Waals surface area contributed by atoms with Crippen LogP contribution in [0.1, 0.15) is 78.9 Å². The molecule has 2 amide bonds. The Morgan fingerprint density at radius 1 is 1.00 bits per heavy atom. The minimum absolute atomic E-state index is 0.0145.